The van der Waals surface area contributed by atoms with E-state index in [0.717, 1.165) is 12.3 Å². The molecule has 0 aromatic carbocycles. The van der Waals surface area contributed by atoms with E-state index in [1.54, 1.807) is 0 Å². The third-order valence-electron chi connectivity index (χ3n) is 1.20. The lowest BCUT2D eigenvalue weighted by atomic mass is 10.1. The molecule has 0 rings (SSSR count). The molecule has 72 valence electrons. The SMILES string of the molecule is C=COC(=O)C(C)(C)OC(=O)C=C. The van der Waals surface area contributed by atoms with Crippen LogP contribution in [0.2, 0.25) is 0 Å². The zero-order chi connectivity index (χ0) is 10.5. The first-order chi connectivity index (χ1) is 5.94. The van der Waals surface area contributed by atoms with Crippen molar-refractivity contribution in [3.8, 4) is 0 Å². The number of hydrogen-bond donors (Lipinski definition) is 0. The topological polar surface area (TPSA) is 52.6 Å². The van der Waals surface area contributed by atoms with E-state index in [-0.39, 0.29) is 0 Å². The van der Waals surface area contributed by atoms with Gasteiger partial charge in [0.05, 0.1) is 6.26 Å². The quantitative estimate of drug-likeness (QED) is 0.374. The Bertz CT molecular complexity index is 240. The summed E-state index contributed by atoms with van der Waals surface area (Å²) >= 11 is 0. The number of ether oxygens (including phenoxy) is 2. The summed E-state index contributed by atoms with van der Waals surface area (Å²) in [6.07, 6.45) is 1.95. The molecule has 0 unspecified atom stereocenters. The average Bonchev–Trinajstić information content (AvgIpc) is 2.04. The summed E-state index contributed by atoms with van der Waals surface area (Å²) in [6.45, 7) is 9.25. The van der Waals surface area contributed by atoms with Crippen molar-refractivity contribution < 1.29 is 19.1 Å². The molecule has 0 heterocycles. The van der Waals surface area contributed by atoms with Crippen LogP contribution in [0.3, 0.4) is 0 Å². The number of hydrogen-bond acceptors (Lipinski definition) is 4. The van der Waals surface area contributed by atoms with E-state index in [1.165, 1.54) is 13.8 Å². The van der Waals surface area contributed by atoms with Crippen LogP contribution in [-0.2, 0) is 19.1 Å². The van der Waals surface area contributed by atoms with Crippen LogP contribution in [0.4, 0.5) is 0 Å². The molecule has 0 saturated heterocycles. The summed E-state index contributed by atoms with van der Waals surface area (Å²) in [7, 11) is 0. The number of carbonyl (C=O) groups is 2. The second-order valence-electron chi connectivity index (χ2n) is 2.71. The maximum atomic E-state index is 11.1. The molecular formula is C9H12O4. The molecule has 0 atom stereocenters. The molecule has 4 nitrogen and oxygen atoms in total. The summed E-state index contributed by atoms with van der Waals surface area (Å²) < 4.78 is 9.19. The highest BCUT2D eigenvalue weighted by Crippen LogP contribution is 2.12. The predicted octanol–water partition coefficient (Wildman–Crippen LogP) is 1.18. The molecule has 0 spiro atoms. The van der Waals surface area contributed by atoms with Gasteiger partial charge in [-0.2, -0.15) is 0 Å². The highest BCUT2D eigenvalue weighted by molar-refractivity contribution is 5.87. The Hall–Kier alpha value is -1.58. The van der Waals surface area contributed by atoms with Gasteiger partial charge >= 0.3 is 11.9 Å². The van der Waals surface area contributed by atoms with E-state index < -0.39 is 17.5 Å². The molecule has 0 aliphatic rings. The van der Waals surface area contributed by atoms with Crippen molar-refractivity contribution in [2.24, 2.45) is 0 Å². The minimum atomic E-state index is -1.32. The van der Waals surface area contributed by atoms with Crippen LogP contribution in [0.15, 0.2) is 25.5 Å². The fraction of sp³-hybridized carbons (Fsp3) is 0.333. The Balaban J connectivity index is 4.37. The lowest BCUT2D eigenvalue weighted by molar-refractivity contribution is -0.171. The molecular weight excluding hydrogens is 172 g/mol. The van der Waals surface area contributed by atoms with Crippen LogP contribution < -0.4 is 0 Å². The van der Waals surface area contributed by atoms with Crippen LogP contribution in [0.1, 0.15) is 13.8 Å². The van der Waals surface area contributed by atoms with Crippen LogP contribution in [0.25, 0.3) is 0 Å². The zero-order valence-electron chi connectivity index (χ0n) is 7.70. The summed E-state index contributed by atoms with van der Waals surface area (Å²) in [4.78, 5) is 21.9. The summed E-state index contributed by atoms with van der Waals surface area (Å²) in [6, 6.07) is 0. The Labute approximate surface area is 76.8 Å². The van der Waals surface area contributed by atoms with Crippen molar-refractivity contribution >= 4 is 11.9 Å². The summed E-state index contributed by atoms with van der Waals surface area (Å²) in [5, 5.41) is 0. The van der Waals surface area contributed by atoms with E-state index in [9.17, 15) is 9.59 Å². The molecule has 0 aromatic heterocycles. The molecule has 0 aliphatic heterocycles. The molecule has 0 aromatic rings. The van der Waals surface area contributed by atoms with Crippen molar-refractivity contribution in [3.05, 3.63) is 25.5 Å². The van der Waals surface area contributed by atoms with Gasteiger partial charge in [-0.25, -0.2) is 9.59 Å². The van der Waals surface area contributed by atoms with Gasteiger partial charge in [-0.1, -0.05) is 13.2 Å². The molecule has 0 aliphatic carbocycles. The summed E-state index contributed by atoms with van der Waals surface area (Å²) in [5.74, 6) is -1.36. The van der Waals surface area contributed by atoms with Crippen LogP contribution in [0, 0.1) is 0 Å². The Kier molecular flexibility index (Phi) is 3.91. The molecule has 13 heavy (non-hydrogen) atoms. The first kappa shape index (κ1) is 11.4. The van der Waals surface area contributed by atoms with E-state index in [4.69, 9.17) is 4.74 Å². The first-order valence-corrected chi connectivity index (χ1v) is 3.61. The lowest BCUT2D eigenvalue weighted by Crippen LogP contribution is -2.37. The van der Waals surface area contributed by atoms with Crippen LogP contribution in [0.5, 0.6) is 0 Å². The van der Waals surface area contributed by atoms with Crippen molar-refractivity contribution in [3.63, 3.8) is 0 Å². The summed E-state index contributed by atoms with van der Waals surface area (Å²) in [5.41, 5.74) is -1.32. The van der Waals surface area contributed by atoms with Gasteiger partial charge in [0.25, 0.3) is 0 Å². The third-order valence-corrected chi connectivity index (χ3v) is 1.20. The smallest absolute Gasteiger partial charge is 0.354 e. The predicted molar refractivity (Wildman–Crippen MR) is 46.7 cm³/mol. The van der Waals surface area contributed by atoms with Gasteiger partial charge in [0, 0.05) is 6.08 Å². The Morgan fingerprint density at radius 1 is 1.31 bits per heavy atom. The molecule has 0 amide bonds. The Morgan fingerprint density at radius 2 is 1.85 bits per heavy atom. The van der Waals surface area contributed by atoms with Crippen molar-refractivity contribution in [1.29, 1.82) is 0 Å². The standard InChI is InChI=1S/C9H12O4/c1-5-7(10)13-9(3,4)8(11)12-6-2/h5-6H,1-2H2,3-4H3. The van der Waals surface area contributed by atoms with Crippen molar-refractivity contribution in [2.75, 3.05) is 0 Å². The maximum absolute atomic E-state index is 11.1. The molecule has 0 bridgehead atoms. The van der Waals surface area contributed by atoms with Gasteiger partial charge in [-0.15, -0.1) is 0 Å². The second-order valence-corrected chi connectivity index (χ2v) is 2.71. The normalized spacial score (nSPS) is 10.0. The van der Waals surface area contributed by atoms with Gasteiger partial charge in [-0.3, -0.25) is 0 Å². The van der Waals surface area contributed by atoms with Crippen LogP contribution >= 0.6 is 0 Å². The van der Waals surface area contributed by atoms with Gasteiger partial charge in [0.1, 0.15) is 0 Å². The van der Waals surface area contributed by atoms with Gasteiger partial charge in [-0.05, 0) is 13.8 Å². The van der Waals surface area contributed by atoms with Gasteiger partial charge in [0.2, 0.25) is 5.60 Å². The van der Waals surface area contributed by atoms with Gasteiger partial charge in [0.15, 0.2) is 0 Å². The van der Waals surface area contributed by atoms with Crippen molar-refractivity contribution in [1.82, 2.24) is 0 Å². The fourth-order valence-corrected chi connectivity index (χ4v) is 0.552. The molecule has 0 saturated carbocycles. The molecule has 0 fully saturated rings. The van der Waals surface area contributed by atoms with E-state index in [1.807, 2.05) is 0 Å². The van der Waals surface area contributed by atoms with E-state index in [2.05, 4.69) is 17.9 Å². The number of carbonyl (C=O) groups excluding carboxylic acids is 2. The lowest BCUT2D eigenvalue weighted by Gasteiger charge is -2.20. The highest BCUT2D eigenvalue weighted by Gasteiger charge is 2.32. The van der Waals surface area contributed by atoms with Crippen LogP contribution in [-0.4, -0.2) is 17.5 Å². The van der Waals surface area contributed by atoms with Crippen molar-refractivity contribution in [2.45, 2.75) is 19.4 Å². The molecule has 0 N–H and O–H groups in total. The molecule has 0 radical (unpaired) electrons. The Morgan fingerprint density at radius 3 is 2.23 bits per heavy atom. The van der Waals surface area contributed by atoms with E-state index >= 15 is 0 Å². The van der Waals surface area contributed by atoms with E-state index in [0.29, 0.717) is 0 Å². The highest BCUT2D eigenvalue weighted by atomic mass is 16.6. The third kappa shape index (κ3) is 3.55. The second kappa shape index (κ2) is 4.45. The fourth-order valence-electron chi connectivity index (χ4n) is 0.552. The molecule has 4 heteroatoms. The zero-order valence-corrected chi connectivity index (χ0v) is 7.70. The minimum absolute atomic E-state index is 0.675. The number of rotatable bonds is 4. The average molecular weight is 184 g/mol. The maximum Gasteiger partial charge on any atom is 0.354 e. The minimum Gasteiger partial charge on any atom is -0.444 e. The first-order valence-electron chi connectivity index (χ1n) is 3.61. The number of esters is 2. The monoisotopic (exact) mass is 184 g/mol. The van der Waals surface area contributed by atoms with Gasteiger partial charge < -0.3 is 9.47 Å². The largest absolute Gasteiger partial charge is 0.444 e.